The van der Waals surface area contributed by atoms with E-state index in [1.165, 1.54) is 12.1 Å². The second-order valence-electron chi connectivity index (χ2n) is 8.58. The first-order valence-electron chi connectivity index (χ1n) is 11.4. The van der Waals surface area contributed by atoms with Gasteiger partial charge in [0.25, 0.3) is 0 Å². The fraction of sp³-hybridized carbons (Fsp3) is 0.440. The number of amides is 2. The summed E-state index contributed by atoms with van der Waals surface area (Å²) in [5.41, 5.74) is 0.187. The SMILES string of the molecule is O=C(C[C@H]1CN(C(=O)Cc2c(F)cccc2Cl)CC[C@@H]1Oc1cccc(Cl)c1)N1CCOCC1. The summed E-state index contributed by atoms with van der Waals surface area (Å²) in [6, 6.07) is 11.5. The van der Waals surface area contributed by atoms with E-state index < -0.39 is 5.82 Å². The van der Waals surface area contributed by atoms with Crippen molar-refractivity contribution >= 4 is 35.0 Å². The highest BCUT2D eigenvalue weighted by Crippen LogP contribution is 2.29. The molecule has 2 amide bonds. The molecular formula is C25H27Cl2FN2O4. The number of rotatable bonds is 6. The van der Waals surface area contributed by atoms with Crippen LogP contribution in [-0.4, -0.2) is 67.1 Å². The van der Waals surface area contributed by atoms with Crippen molar-refractivity contribution in [3.05, 3.63) is 63.9 Å². The first kappa shape index (κ1) is 24.8. The molecule has 0 bridgehead atoms. The summed E-state index contributed by atoms with van der Waals surface area (Å²) >= 11 is 12.2. The van der Waals surface area contributed by atoms with Gasteiger partial charge in [0, 0.05) is 60.5 Å². The fourth-order valence-electron chi connectivity index (χ4n) is 4.43. The number of ether oxygens (including phenoxy) is 2. The van der Waals surface area contributed by atoms with E-state index in [-0.39, 0.29) is 47.3 Å². The number of nitrogens with zero attached hydrogens (tertiary/aromatic N) is 2. The van der Waals surface area contributed by atoms with Crippen LogP contribution >= 0.6 is 23.2 Å². The maximum absolute atomic E-state index is 14.2. The molecule has 4 rings (SSSR count). The molecule has 182 valence electrons. The zero-order valence-corrected chi connectivity index (χ0v) is 20.2. The lowest BCUT2D eigenvalue weighted by Crippen LogP contribution is -2.50. The van der Waals surface area contributed by atoms with Gasteiger partial charge >= 0.3 is 0 Å². The number of carbonyl (C=O) groups is 2. The van der Waals surface area contributed by atoms with Crippen molar-refractivity contribution in [2.24, 2.45) is 5.92 Å². The molecule has 0 unspecified atom stereocenters. The number of morpholine rings is 1. The molecule has 2 atom stereocenters. The average Bonchev–Trinajstić information content (AvgIpc) is 2.83. The lowest BCUT2D eigenvalue weighted by atomic mass is 9.90. The number of benzene rings is 2. The van der Waals surface area contributed by atoms with Crippen LogP contribution in [0, 0.1) is 11.7 Å². The van der Waals surface area contributed by atoms with Crippen LogP contribution in [0.2, 0.25) is 10.0 Å². The van der Waals surface area contributed by atoms with Gasteiger partial charge in [-0.2, -0.15) is 0 Å². The molecule has 2 fully saturated rings. The lowest BCUT2D eigenvalue weighted by Gasteiger charge is -2.39. The van der Waals surface area contributed by atoms with Crippen molar-refractivity contribution in [1.29, 1.82) is 0 Å². The highest BCUT2D eigenvalue weighted by Gasteiger charge is 2.36. The molecule has 0 saturated carbocycles. The number of hydrogen-bond acceptors (Lipinski definition) is 4. The van der Waals surface area contributed by atoms with Crippen molar-refractivity contribution < 1.29 is 23.5 Å². The Labute approximate surface area is 208 Å². The Morgan fingerprint density at radius 2 is 1.79 bits per heavy atom. The van der Waals surface area contributed by atoms with Gasteiger partial charge in [-0.05, 0) is 30.3 Å². The van der Waals surface area contributed by atoms with Gasteiger partial charge in [0.2, 0.25) is 11.8 Å². The Hall–Kier alpha value is -2.35. The van der Waals surface area contributed by atoms with Crippen LogP contribution in [0.1, 0.15) is 18.4 Å². The molecule has 2 aromatic rings. The standard InChI is InChI=1S/C25H27Cl2FN2O4/c26-18-3-1-4-19(14-18)34-23-7-8-30(25(32)15-20-21(27)5-2-6-22(20)28)16-17(23)13-24(31)29-9-11-33-12-10-29/h1-6,14,17,23H,7-13,15-16H2/t17-,23-/m0/s1. The Bertz CT molecular complexity index is 1010. The molecule has 2 saturated heterocycles. The molecule has 6 nitrogen and oxygen atoms in total. The Morgan fingerprint density at radius 3 is 2.53 bits per heavy atom. The Balaban J connectivity index is 1.47. The third-order valence-electron chi connectivity index (χ3n) is 6.29. The molecule has 2 aliphatic heterocycles. The third kappa shape index (κ3) is 6.20. The molecule has 2 aromatic carbocycles. The molecule has 2 heterocycles. The van der Waals surface area contributed by atoms with Gasteiger partial charge in [-0.3, -0.25) is 9.59 Å². The zero-order valence-electron chi connectivity index (χ0n) is 18.7. The van der Waals surface area contributed by atoms with Gasteiger partial charge in [-0.15, -0.1) is 0 Å². The second kappa shape index (κ2) is 11.4. The van der Waals surface area contributed by atoms with Crippen molar-refractivity contribution in [3.8, 4) is 5.75 Å². The summed E-state index contributed by atoms with van der Waals surface area (Å²) in [6.07, 6.45) is 0.402. The van der Waals surface area contributed by atoms with Crippen LogP contribution in [0.5, 0.6) is 5.75 Å². The van der Waals surface area contributed by atoms with E-state index in [1.54, 1.807) is 28.0 Å². The maximum atomic E-state index is 14.2. The molecule has 0 aliphatic carbocycles. The minimum atomic E-state index is -0.501. The van der Waals surface area contributed by atoms with Crippen LogP contribution in [-0.2, 0) is 20.7 Å². The summed E-state index contributed by atoms with van der Waals surface area (Å²) in [6.45, 7) is 2.93. The van der Waals surface area contributed by atoms with E-state index in [4.69, 9.17) is 32.7 Å². The first-order chi connectivity index (χ1) is 16.4. The third-order valence-corrected chi connectivity index (χ3v) is 6.88. The predicted octanol–water partition coefficient (Wildman–Crippen LogP) is 4.22. The van der Waals surface area contributed by atoms with E-state index in [2.05, 4.69) is 0 Å². The second-order valence-corrected chi connectivity index (χ2v) is 9.42. The maximum Gasteiger partial charge on any atom is 0.227 e. The largest absolute Gasteiger partial charge is 0.490 e. The topological polar surface area (TPSA) is 59.1 Å². The van der Waals surface area contributed by atoms with Crippen LogP contribution in [0.15, 0.2) is 42.5 Å². The number of likely N-dealkylation sites (tertiary alicyclic amines) is 1. The summed E-state index contributed by atoms with van der Waals surface area (Å²) in [5.74, 6) is -0.308. The van der Waals surface area contributed by atoms with Gasteiger partial charge in [-0.25, -0.2) is 4.39 Å². The molecule has 0 aromatic heterocycles. The lowest BCUT2D eigenvalue weighted by molar-refractivity contribution is -0.141. The summed E-state index contributed by atoms with van der Waals surface area (Å²) < 4.78 is 25.8. The molecule has 0 radical (unpaired) electrons. The molecule has 0 spiro atoms. The fourth-order valence-corrected chi connectivity index (χ4v) is 4.84. The highest BCUT2D eigenvalue weighted by atomic mass is 35.5. The van der Waals surface area contributed by atoms with Crippen molar-refractivity contribution in [2.45, 2.75) is 25.4 Å². The Morgan fingerprint density at radius 1 is 1.03 bits per heavy atom. The van der Waals surface area contributed by atoms with Gasteiger partial charge in [-0.1, -0.05) is 35.3 Å². The predicted molar refractivity (Wildman–Crippen MR) is 128 cm³/mol. The van der Waals surface area contributed by atoms with Gasteiger partial charge in [0.1, 0.15) is 17.7 Å². The smallest absolute Gasteiger partial charge is 0.227 e. The molecule has 2 aliphatic rings. The van der Waals surface area contributed by atoms with Crippen molar-refractivity contribution in [3.63, 3.8) is 0 Å². The van der Waals surface area contributed by atoms with Crippen molar-refractivity contribution in [2.75, 3.05) is 39.4 Å². The number of hydrogen-bond donors (Lipinski definition) is 0. The van der Waals surface area contributed by atoms with Crippen LogP contribution in [0.25, 0.3) is 0 Å². The zero-order chi connectivity index (χ0) is 24.1. The average molecular weight is 509 g/mol. The van der Waals surface area contributed by atoms with Crippen molar-refractivity contribution in [1.82, 2.24) is 9.80 Å². The molecule has 34 heavy (non-hydrogen) atoms. The minimum absolute atomic E-state index is 0.0134. The molecular weight excluding hydrogens is 482 g/mol. The van der Waals surface area contributed by atoms with Gasteiger partial charge in [0.05, 0.1) is 19.6 Å². The first-order valence-corrected chi connectivity index (χ1v) is 12.1. The summed E-state index contributed by atoms with van der Waals surface area (Å²) in [5, 5.41) is 0.791. The van der Waals surface area contributed by atoms with Crippen LogP contribution in [0.3, 0.4) is 0 Å². The number of halogens is 3. The number of carbonyl (C=O) groups excluding carboxylic acids is 2. The molecule has 0 N–H and O–H groups in total. The van der Waals surface area contributed by atoms with Gasteiger partial charge in [0.15, 0.2) is 0 Å². The summed E-state index contributed by atoms with van der Waals surface area (Å²) in [4.78, 5) is 29.5. The molecule has 9 heteroatoms. The number of piperidine rings is 1. The highest BCUT2D eigenvalue weighted by molar-refractivity contribution is 6.31. The van der Waals surface area contributed by atoms with E-state index in [0.29, 0.717) is 56.6 Å². The van der Waals surface area contributed by atoms with E-state index in [0.717, 1.165) is 0 Å². The van der Waals surface area contributed by atoms with Crippen LogP contribution < -0.4 is 4.74 Å². The van der Waals surface area contributed by atoms with E-state index in [9.17, 15) is 14.0 Å². The monoisotopic (exact) mass is 508 g/mol. The Kier molecular flexibility index (Phi) is 8.29. The van der Waals surface area contributed by atoms with E-state index in [1.807, 2.05) is 12.1 Å². The van der Waals surface area contributed by atoms with Crippen LogP contribution in [0.4, 0.5) is 4.39 Å². The normalized spacial score (nSPS) is 20.8. The minimum Gasteiger partial charge on any atom is -0.490 e. The van der Waals surface area contributed by atoms with E-state index >= 15 is 0 Å². The summed E-state index contributed by atoms with van der Waals surface area (Å²) in [7, 11) is 0. The van der Waals surface area contributed by atoms with Gasteiger partial charge < -0.3 is 19.3 Å². The quantitative estimate of drug-likeness (QED) is 0.586.